The van der Waals surface area contributed by atoms with Gasteiger partial charge in [0.15, 0.2) is 5.78 Å². The quantitative estimate of drug-likeness (QED) is 0.544. The molecule has 0 spiro atoms. The third kappa shape index (κ3) is 3.45. The summed E-state index contributed by atoms with van der Waals surface area (Å²) in [6.07, 6.45) is 5.65. The maximum absolute atomic E-state index is 11.7. The van der Waals surface area contributed by atoms with E-state index >= 15 is 0 Å². The van der Waals surface area contributed by atoms with Gasteiger partial charge in [0, 0.05) is 5.56 Å². The van der Waals surface area contributed by atoms with Crippen molar-refractivity contribution in [2.24, 2.45) is 0 Å². The highest BCUT2D eigenvalue weighted by atomic mass is 16.1. The van der Waals surface area contributed by atoms with Crippen LogP contribution in [0.1, 0.15) is 36.2 Å². The van der Waals surface area contributed by atoms with Crippen LogP contribution in [0.4, 0.5) is 0 Å². The second-order valence-electron chi connectivity index (χ2n) is 4.89. The van der Waals surface area contributed by atoms with Crippen molar-refractivity contribution in [1.82, 2.24) is 0 Å². The standard InChI is InChI=1S/C19H20O/c1-3-5-15-7-9-16(10-8-15)17-11-13-18(14-12-17)19(20)6-4-2/h4,6-14H,3,5H2,1-2H3/b6-4+. The van der Waals surface area contributed by atoms with Crippen molar-refractivity contribution in [3.05, 3.63) is 71.8 Å². The Morgan fingerprint density at radius 2 is 1.50 bits per heavy atom. The molecular weight excluding hydrogens is 244 g/mol. The summed E-state index contributed by atoms with van der Waals surface area (Å²) in [5.41, 5.74) is 4.44. The van der Waals surface area contributed by atoms with Crippen LogP contribution in [0, 0.1) is 0 Å². The molecule has 0 aliphatic heterocycles. The van der Waals surface area contributed by atoms with Crippen molar-refractivity contribution in [2.45, 2.75) is 26.7 Å². The summed E-state index contributed by atoms with van der Waals surface area (Å²) in [7, 11) is 0. The molecule has 102 valence electrons. The third-order valence-corrected chi connectivity index (χ3v) is 3.31. The number of carbonyl (C=O) groups is 1. The zero-order valence-corrected chi connectivity index (χ0v) is 12.1. The molecule has 0 radical (unpaired) electrons. The van der Waals surface area contributed by atoms with Crippen LogP contribution in [0.2, 0.25) is 0 Å². The smallest absolute Gasteiger partial charge is 0.185 e. The van der Waals surface area contributed by atoms with E-state index in [4.69, 9.17) is 0 Å². The molecule has 0 saturated carbocycles. The van der Waals surface area contributed by atoms with Crippen molar-refractivity contribution in [1.29, 1.82) is 0 Å². The van der Waals surface area contributed by atoms with Gasteiger partial charge in [-0.3, -0.25) is 4.79 Å². The van der Waals surface area contributed by atoms with Gasteiger partial charge in [0.1, 0.15) is 0 Å². The second kappa shape index (κ2) is 6.85. The van der Waals surface area contributed by atoms with Gasteiger partial charge in [-0.05, 0) is 36.1 Å². The molecule has 0 atom stereocenters. The van der Waals surface area contributed by atoms with Crippen LogP contribution in [0.15, 0.2) is 60.7 Å². The highest BCUT2D eigenvalue weighted by Crippen LogP contribution is 2.21. The fourth-order valence-corrected chi connectivity index (χ4v) is 2.23. The lowest BCUT2D eigenvalue weighted by molar-refractivity contribution is 0.104. The van der Waals surface area contributed by atoms with Crippen molar-refractivity contribution in [3.8, 4) is 11.1 Å². The van der Waals surface area contributed by atoms with Crippen LogP contribution in [-0.2, 0) is 6.42 Å². The average molecular weight is 264 g/mol. The lowest BCUT2D eigenvalue weighted by Crippen LogP contribution is -1.93. The van der Waals surface area contributed by atoms with Gasteiger partial charge in [-0.25, -0.2) is 0 Å². The van der Waals surface area contributed by atoms with Crippen molar-refractivity contribution in [2.75, 3.05) is 0 Å². The molecule has 0 aliphatic carbocycles. The molecule has 0 heterocycles. The molecule has 0 saturated heterocycles. The SMILES string of the molecule is C/C=C/C(=O)c1ccc(-c2ccc(CCC)cc2)cc1. The molecule has 0 fully saturated rings. The Bertz CT molecular complexity index is 589. The Morgan fingerprint density at radius 1 is 0.950 bits per heavy atom. The maximum Gasteiger partial charge on any atom is 0.185 e. The molecule has 2 aromatic rings. The van der Waals surface area contributed by atoms with Crippen LogP contribution in [0.3, 0.4) is 0 Å². The molecule has 0 aliphatic rings. The van der Waals surface area contributed by atoms with Crippen molar-refractivity contribution >= 4 is 5.78 Å². The Balaban J connectivity index is 2.19. The molecule has 0 amide bonds. The van der Waals surface area contributed by atoms with Crippen LogP contribution < -0.4 is 0 Å². The second-order valence-corrected chi connectivity index (χ2v) is 4.89. The van der Waals surface area contributed by atoms with E-state index in [2.05, 4.69) is 31.2 Å². The van der Waals surface area contributed by atoms with Crippen LogP contribution in [0.5, 0.6) is 0 Å². The fourth-order valence-electron chi connectivity index (χ4n) is 2.23. The molecular formula is C19H20O. The van der Waals surface area contributed by atoms with Gasteiger partial charge in [0.25, 0.3) is 0 Å². The summed E-state index contributed by atoms with van der Waals surface area (Å²) in [6, 6.07) is 16.4. The van der Waals surface area contributed by atoms with E-state index in [-0.39, 0.29) is 5.78 Å². The number of ketones is 1. The summed E-state index contributed by atoms with van der Waals surface area (Å²) < 4.78 is 0. The first kappa shape index (κ1) is 14.3. The number of allylic oxidation sites excluding steroid dienone is 2. The molecule has 1 heteroatoms. The minimum atomic E-state index is 0.0531. The van der Waals surface area contributed by atoms with Gasteiger partial charge >= 0.3 is 0 Å². The van der Waals surface area contributed by atoms with E-state index < -0.39 is 0 Å². The third-order valence-electron chi connectivity index (χ3n) is 3.31. The Morgan fingerprint density at radius 3 is 2.00 bits per heavy atom. The number of aryl methyl sites for hydroxylation is 1. The monoisotopic (exact) mass is 264 g/mol. The minimum Gasteiger partial charge on any atom is -0.289 e. The number of hydrogen-bond donors (Lipinski definition) is 0. The number of hydrogen-bond acceptors (Lipinski definition) is 1. The first-order valence-electron chi connectivity index (χ1n) is 7.11. The van der Waals surface area contributed by atoms with Gasteiger partial charge in [-0.2, -0.15) is 0 Å². The molecule has 0 N–H and O–H groups in total. The molecule has 2 rings (SSSR count). The fraction of sp³-hybridized carbons (Fsp3) is 0.211. The normalized spacial score (nSPS) is 10.9. The van der Waals surface area contributed by atoms with Gasteiger partial charge in [-0.15, -0.1) is 0 Å². The summed E-state index contributed by atoms with van der Waals surface area (Å²) in [5.74, 6) is 0.0531. The van der Waals surface area contributed by atoms with E-state index in [9.17, 15) is 4.79 Å². The number of carbonyl (C=O) groups excluding carboxylic acids is 1. The van der Waals surface area contributed by atoms with E-state index in [0.717, 1.165) is 17.5 Å². The lowest BCUT2D eigenvalue weighted by Gasteiger charge is -2.05. The average Bonchev–Trinajstić information content (AvgIpc) is 2.49. The van der Waals surface area contributed by atoms with Crippen LogP contribution in [-0.4, -0.2) is 5.78 Å². The largest absolute Gasteiger partial charge is 0.289 e. The topological polar surface area (TPSA) is 17.1 Å². The zero-order chi connectivity index (χ0) is 14.4. The first-order chi connectivity index (χ1) is 9.74. The minimum absolute atomic E-state index is 0.0531. The Kier molecular flexibility index (Phi) is 4.89. The summed E-state index contributed by atoms with van der Waals surface area (Å²) >= 11 is 0. The van der Waals surface area contributed by atoms with Gasteiger partial charge < -0.3 is 0 Å². The van der Waals surface area contributed by atoms with Crippen LogP contribution in [0.25, 0.3) is 11.1 Å². The van der Waals surface area contributed by atoms with Gasteiger partial charge in [0.05, 0.1) is 0 Å². The predicted molar refractivity (Wildman–Crippen MR) is 85.0 cm³/mol. The molecule has 0 unspecified atom stereocenters. The maximum atomic E-state index is 11.7. The molecule has 1 nitrogen and oxygen atoms in total. The zero-order valence-electron chi connectivity index (χ0n) is 12.1. The summed E-state index contributed by atoms with van der Waals surface area (Å²) in [5, 5.41) is 0. The summed E-state index contributed by atoms with van der Waals surface area (Å²) in [4.78, 5) is 11.7. The number of benzene rings is 2. The van der Waals surface area contributed by atoms with E-state index in [1.807, 2.05) is 31.2 Å². The Labute approximate surface area is 121 Å². The van der Waals surface area contributed by atoms with Crippen LogP contribution >= 0.6 is 0 Å². The van der Waals surface area contributed by atoms with E-state index in [1.54, 1.807) is 12.2 Å². The predicted octanol–water partition coefficient (Wildman–Crippen LogP) is 5.06. The van der Waals surface area contributed by atoms with E-state index in [1.165, 1.54) is 17.5 Å². The lowest BCUT2D eigenvalue weighted by atomic mass is 10.0. The summed E-state index contributed by atoms with van der Waals surface area (Å²) in [6.45, 7) is 4.04. The van der Waals surface area contributed by atoms with E-state index in [0.29, 0.717) is 0 Å². The molecule has 0 aromatic heterocycles. The van der Waals surface area contributed by atoms with Gasteiger partial charge in [0.2, 0.25) is 0 Å². The number of rotatable bonds is 5. The molecule has 20 heavy (non-hydrogen) atoms. The van der Waals surface area contributed by atoms with Crippen molar-refractivity contribution < 1.29 is 4.79 Å². The molecule has 0 bridgehead atoms. The van der Waals surface area contributed by atoms with Crippen molar-refractivity contribution in [3.63, 3.8) is 0 Å². The highest BCUT2D eigenvalue weighted by molar-refractivity contribution is 6.04. The Hall–Kier alpha value is -2.15. The van der Waals surface area contributed by atoms with Gasteiger partial charge in [-0.1, -0.05) is 68.0 Å². The highest BCUT2D eigenvalue weighted by Gasteiger charge is 2.02. The first-order valence-corrected chi connectivity index (χ1v) is 7.11. The molecule has 2 aromatic carbocycles.